The molecule has 0 bridgehead atoms. The lowest BCUT2D eigenvalue weighted by atomic mass is 9.92. The zero-order valence-corrected chi connectivity index (χ0v) is 11.9. The molecule has 0 rings (SSSR count). The van der Waals surface area contributed by atoms with E-state index in [-0.39, 0.29) is 33.3 Å². The Morgan fingerprint density at radius 1 is 1.31 bits per heavy atom. The second kappa shape index (κ2) is 6.28. The largest absolute Gasteiger partial charge is 0.465 e. The van der Waals surface area contributed by atoms with Crippen molar-refractivity contribution in [2.75, 3.05) is 19.1 Å². The van der Waals surface area contributed by atoms with Gasteiger partial charge in [0.2, 0.25) is 5.25 Å². The van der Waals surface area contributed by atoms with E-state index < -0.39 is 0 Å². The van der Waals surface area contributed by atoms with E-state index in [1.54, 1.807) is 0 Å². The molecule has 0 saturated heterocycles. The highest BCUT2D eigenvalue weighted by Crippen LogP contribution is 2.18. The topological polar surface area (TPSA) is 43.4 Å². The highest BCUT2D eigenvalue weighted by atomic mass is 32.2. The van der Waals surface area contributed by atoms with Crippen LogP contribution in [0.3, 0.4) is 0 Å². The van der Waals surface area contributed by atoms with Crippen molar-refractivity contribution in [3.8, 4) is 0 Å². The molecule has 0 aliphatic rings. The first-order chi connectivity index (χ1) is 7.23. The van der Waals surface area contributed by atoms with Crippen molar-refractivity contribution in [3.05, 3.63) is 0 Å². The first-order valence-electron chi connectivity index (χ1n) is 5.46. The summed E-state index contributed by atoms with van der Waals surface area (Å²) in [6.07, 6.45) is 2.69. The fourth-order valence-electron chi connectivity index (χ4n) is 1.27. The minimum atomic E-state index is -0.324. The van der Waals surface area contributed by atoms with Crippen LogP contribution < -0.4 is 0 Å². The molecule has 0 aromatic carbocycles. The molecular weight excluding hydrogens is 224 g/mol. The Morgan fingerprint density at radius 3 is 2.12 bits per heavy atom. The molecule has 0 aliphatic carbocycles. The second-order valence-electron chi connectivity index (χ2n) is 4.93. The molecule has 0 spiro atoms. The number of hydrogen-bond acceptors (Lipinski definition) is 3. The van der Waals surface area contributed by atoms with Gasteiger partial charge in [0.15, 0.2) is 11.5 Å². The minimum Gasteiger partial charge on any atom is -0.465 e. The number of carbonyl (C=O) groups excluding carboxylic acids is 2. The number of hydrogen-bond donors (Lipinski definition) is 0. The van der Waals surface area contributed by atoms with Crippen molar-refractivity contribution in [1.82, 2.24) is 0 Å². The molecule has 0 amide bonds. The molecule has 16 heavy (non-hydrogen) atoms. The van der Waals surface area contributed by atoms with Crippen molar-refractivity contribution in [2.24, 2.45) is 5.41 Å². The first kappa shape index (κ1) is 15.5. The lowest BCUT2D eigenvalue weighted by molar-refractivity contribution is -0.140. The highest BCUT2D eigenvalue weighted by molar-refractivity contribution is 7.98. The van der Waals surface area contributed by atoms with Gasteiger partial charge in [-0.3, -0.25) is 4.79 Å². The second-order valence-corrected chi connectivity index (χ2v) is 7.17. The van der Waals surface area contributed by atoms with Crippen LogP contribution in [-0.4, -0.2) is 36.1 Å². The standard InChI is InChI=1S/C12H23O3S/c1-7-9(11(14)15-5)16(6)8-10(13)12(2,3)4/h9H,7-8H2,1-6H3/q+1. The van der Waals surface area contributed by atoms with Crippen LogP contribution in [-0.2, 0) is 25.2 Å². The Hall–Kier alpha value is -0.510. The van der Waals surface area contributed by atoms with Gasteiger partial charge in [-0.05, 0) is 0 Å². The SMILES string of the molecule is CCC(C(=O)OC)[S+](C)CC(=O)C(C)(C)C. The summed E-state index contributed by atoms with van der Waals surface area (Å²) >= 11 is 0. The summed E-state index contributed by atoms with van der Waals surface area (Å²) in [6.45, 7) is 7.68. The Balaban J connectivity index is 4.49. The Kier molecular flexibility index (Phi) is 6.08. The number of rotatable bonds is 5. The third-order valence-corrected chi connectivity index (χ3v) is 4.73. The van der Waals surface area contributed by atoms with Gasteiger partial charge >= 0.3 is 5.97 Å². The van der Waals surface area contributed by atoms with Gasteiger partial charge in [0.1, 0.15) is 0 Å². The summed E-state index contributed by atoms with van der Waals surface area (Å²) in [5.74, 6) is 0.479. The molecule has 94 valence electrons. The van der Waals surface area contributed by atoms with E-state index in [0.717, 1.165) is 6.42 Å². The third-order valence-electron chi connectivity index (χ3n) is 2.52. The molecule has 4 heteroatoms. The zero-order chi connectivity index (χ0) is 12.9. The van der Waals surface area contributed by atoms with Crippen LogP contribution in [0.2, 0.25) is 0 Å². The number of carbonyl (C=O) groups is 2. The fraction of sp³-hybridized carbons (Fsp3) is 0.833. The smallest absolute Gasteiger partial charge is 0.359 e. The molecule has 0 aromatic heterocycles. The quantitative estimate of drug-likeness (QED) is 0.549. The molecule has 0 radical (unpaired) electrons. The maximum absolute atomic E-state index is 11.9. The number of ketones is 1. The molecule has 0 aliphatic heterocycles. The van der Waals surface area contributed by atoms with Gasteiger partial charge in [0.25, 0.3) is 0 Å². The lowest BCUT2D eigenvalue weighted by Crippen LogP contribution is -2.37. The summed E-state index contributed by atoms with van der Waals surface area (Å²) in [6, 6.07) is 0. The van der Waals surface area contributed by atoms with E-state index in [9.17, 15) is 9.59 Å². The van der Waals surface area contributed by atoms with E-state index in [1.165, 1.54) is 7.11 Å². The molecule has 0 aromatic rings. The highest BCUT2D eigenvalue weighted by Gasteiger charge is 2.37. The summed E-state index contributed by atoms with van der Waals surface area (Å²) in [4.78, 5) is 23.4. The van der Waals surface area contributed by atoms with Crippen LogP contribution in [0.5, 0.6) is 0 Å². The van der Waals surface area contributed by atoms with Crippen molar-refractivity contribution in [3.63, 3.8) is 0 Å². The number of esters is 1. The average Bonchev–Trinajstić information content (AvgIpc) is 2.16. The molecule has 0 saturated carbocycles. The van der Waals surface area contributed by atoms with Crippen LogP contribution in [0.4, 0.5) is 0 Å². The molecule has 3 nitrogen and oxygen atoms in total. The number of Topliss-reactive ketones (excluding diaryl/α,β-unsaturated/α-hetero) is 1. The number of ether oxygens (including phenoxy) is 1. The monoisotopic (exact) mass is 247 g/mol. The summed E-state index contributed by atoms with van der Waals surface area (Å²) in [5.41, 5.74) is -0.324. The van der Waals surface area contributed by atoms with Crippen LogP contribution in [0.25, 0.3) is 0 Å². The molecule has 0 N–H and O–H groups in total. The minimum absolute atomic E-state index is 0.142. The van der Waals surface area contributed by atoms with Crippen LogP contribution in [0.1, 0.15) is 34.1 Å². The molecular formula is C12H23O3S+. The van der Waals surface area contributed by atoms with E-state index in [4.69, 9.17) is 4.74 Å². The Morgan fingerprint density at radius 2 is 1.81 bits per heavy atom. The lowest BCUT2D eigenvalue weighted by Gasteiger charge is -2.18. The summed E-state index contributed by atoms with van der Waals surface area (Å²) < 4.78 is 4.75. The zero-order valence-electron chi connectivity index (χ0n) is 11.1. The van der Waals surface area contributed by atoms with Gasteiger partial charge in [-0.25, -0.2) is 4.79 Å². The van der Waals surface area contributed by atoms with E-state index in [2.05, 4.69) is 0 Å². The van der Waals surface area contributed by atoms with Crippen molar-refractivity contribution in [2.45, 2.75) is 39.4 Å². The van der Waals surface area contributed by atoms with E-state index in [0.29, 0.717) is 5.75 Å². The fourth-order valence-corrected chi connectivity index (χ4v) is 3.31. The van der Waals surface area contributed by atoms with E-state index in [1.807, 2.05) is 34.0 Å². The first-order valence-corrected chi connectivity index (χ1v) is 7.33. The third kappa shape index (κ3) is 4.56. The normalized spacial score (nSPS) is 15.4. The van der Waals surface area contributed by atoms with Gasteiger partial charge in [-0.15, -0.1) is 0 Å². The predicted molar refractivity (Wildman–Crippen MR) is 68.7 cm³/mol. The van der Waals surface area contributed by atoms with Crippen LogP contribution in [0.15, 0.2) is 0 Å². The van der Waals surface area contributed by atoms with Crippen molar-refractivity contribution in [1.29, 1.82) is 0 Å². The van der Waals surface area contributed by atoms with Crippen molar-refractivity contribution < 1.29 is 14.3 Å². The van der Waals surface area contributed by atoms with Gasteiger partial charge in [-0.2, -0.15) is 0 Å². The molecule has 2 atom stereocenters. The maximum atomic E-state index is 11.9. The molecule has 0 fully saturated rings. The maximum Gasteiger partial charge on any atom is 0.359 e. The van der Waals surface area contributed by atoms with Gasteiger partial charge in [0.05, 0.1) is 13.4 Å². The van der Waals surface area contributed by atoms with Gasteiger partial charge in [-0.1, -0.05) is 27.7 Å². The van der Waals surface area contributed by atoms with Gasteiger partial charge < -0.3 is 4.74 Å². The molecule has 2 unspecified atom stereocenters. The Labute approximate surface area is 101 Å². The number of methoxy groups -OCH3 is 1. The summed E-state index contributed by atoms with van der Waals surface area (Å²) in [5, 5.41) is -0.142. The van der Waals surface area contributed by atoms with Gasteiger partial charge in [0, 0.05) is 22.7 Å². The Bertz CT molecular complexity index is 255. The predicted octanol–water partition coefficient (Wildman–Crippen LogP) is 1.80. The molecule has 0 heterocycles. The van der Waals surface area contributed by atoms with Crippen LogP contribution >= 0.6 is 0 Å². The van der Waals surface area contributed by atoms with E-state index >= 15 is 0 Å². The average molecular weight is 247 g/mol. The summed E-state index contributed by atoms with van der Waals surface area (Å²) in [7, 11) is 1.16. The van der Waals surface area contributed by atoms with Crippen molar-refractivity contribution >= 4 is 22.6 Å². The van der Waals surface area contributed by atoms with Crippen LogP contribution in [0, 0.1) is 5.41 Å².